The summed E-state index contributed by atoms with van der Waals surface area (Å²) in [5, 5.41) is 1.25. The van der Waals surface area contributed by atoms with Crippen LogP contribution in [-0.4, -0.2) is 22.3 Å². The van der Waals surface area contributed by atoms with Gasteiger partial charge in [0.2, 0.25) is 0 Å². The quantitative estimate of drug-likeness (QED) is 0.552. The summed E-state index contributed by atoms with van der Waals surface area (Å²) in [5.41, 5.74) is 2.36. The maximum atomic E-state index is 4.24. The van der Waals surface area contributed by atoms with E-state index in [1.165, 1.54) is 10.9 Å². The second kappa shape index (κ2) is 3.71. The highest BCUT2D eigenvalue weighted by Crippen LogP contribution is 2.14. The number of pyridine rings is 1. The topological polar surface area (TPSA) is 12.9 Å². The summed E-state index contributed by atoms with van der Waals surface area (Å²) in [4.78, 5) is 4.24. The van der Waals surface area contributed by atoms with Crippen LogP contribution < -0.4 is 0 Å². The van der Waals surface area contributed by atoms with Gasteiger partial charge in [-0.2, -0.15) is 0 Å². The van der Waals surface area contributed by atoms with Crippen molar-refractivity contribution in [2.45, 2.75) is 6.92 Å². The van der Waals surface area contributed by atoms with Gasteiger partial charge < -0.3 is 0 Å². The number of hydrogen-bond acceptors (Lipinski definition) is 1. The van der Waals surface area contributed by atoms with Crippen molar-refractivity contribution in [1.82, 2.24) is 4.98 Å². The molecule has 2 rings (SSSR count). The molecule has 0 aliphatic heterocycles. The Morgan fingerprint density at radius 2 is 1.92 bits per heavy atom. The average molecular weight is 170 g/mol. The lowest BCUT2D eigenvalue weighted by Gasteiger charge is -1.97. The second-order valence-corrected chi connectivity index (χ2v) is 2.64. The highest BCUT2D eigenvalue weighted by molar-refractivity contribution is 5.81. The van der Waals surface area contributed by atoms with E-state index in [9.17, 15) is 0 Å². The van der Waals surface area contributed by atoms with Gasteiger partial charge in [0.1, 0.15) is 0 Å². The molecule has 0 unspecified atom stereocenters. The molecule has 1 aromatic carbocycles. The zero-order valence-corrected chi connectivity index (χ0v) is 8.14. The Bertz CT molecular complexity index is 379. The van der Waals surface area contributed by atoms with Crippen molar-refractivity contribution in [3.05, 3.63) is 42.1 Å². The zero-order chi connectivity index (χ0) is 7.68. The maximum Gasteiger partial charge on any atom is 0.0704 e. The largest absolute Gasteiger partial charge is 0.256 e. The number of nitrogens with zero attached hydrogens (tertiary/aromatic N) is 1. The minimum Gasteiger partial charge on any atom is -0.256 e. The minimum atomic E-state index is 0. The van der Waals surface area contributed by atoms with E-state index in [2.05, 4.69) is 24.0 Å². The predicted octanol–water partition coefficient (Wildman–Crippen LogP) is 2.16. The van der Waals surface area contributed by atoms with E-state index >= 15 is 0 Å². The third-order valence-electron chi connectivity index (χ3n) is 1.86. The molecule has 2 aromatic rings. The van der Waals surface area contributed by atoms with Crippen LogP contribution in [0.5, 0.6) is 0 Å². The number of aryl methyl sites for hydroxylation is 1. The number of rotatable bonds is 0. The lowest BCUT2D eigenvalue weighted by Crippen LogP contribution is -1.79. The van der Waals surface area contributed by atoms with Gasteiger partial charge in [0.15, 0.2) is 0 Å². The summed E-state index contributed by atoms with van der Waals surface area (Å²) in [6.45, 7) is 2.10. The average Bonchev–Trinajstić information content (AvgIpc) is 2.06. The van der Waals surface area contributed by atoms with E-state index in [1.54, 1.807) is 0 Å². The van der Waals surface area contributed by atoms with Crippen LogP contribution >= 0.6 is 0 Å². The van der Waals surface area contributed by atoms with Crippen LogP contribution in [0.25, 0.3) is 10.9 Å². The van der Waals surface area contributed by atoms with Crippen LogP contribution in [0.4, 0.5) is 0 Å². The first-order chi connectivity index (χ1) is 5.38. The van der Waals surface area contributed by atoms with Crippen molar-refractivity contribution in [2.75, 3.05) is 0 Å². The molecule has 0 bridgehead atoms. The van der Waals surface area contributed by atoms with Crippen molar-refractivity contribution in [2.24, 2.45) is 0 Å². The SMILES string of the molecule is Cc1cccc2ncccc12.[Al]. The highest BCUT2D eigenvalue weighted by Gasteiger charge is 1.93. The fourth-order valence-corrected chi connectivity index (χ4v) is 1.26. The van der Waals surface area contributed by atoms with Gasteiger partial charge >= 0.3 is 0 Å². The first-order valence-electron chi connectivity index (χ1n) is 3.68. The summed E-state index contributed by atoms with van der Waals surface area (Å²) in [5.74, 6) is 0. The Balaban J connectivity index is 0.000000720. The number of fused-ring (bicyclic) bond motifs is 1. The van der Waals surface area contributed by atoms with E-state index in [-0.39, 0.29) is 17.4 Å². The lowest BCUT2D eigenvalue weighted by molar-refractivity contribution is 1.39. The third-order valence-corrected chi connectivity index (χ3v) is 1.86. The molecular formula is C10H9AlN. The Morgan fingerprint density at radius 3 is 2.67 bits per heavy atom. The van der Waals surface area contributed by atoms with Crippen LogP contribution in [0.2, 0.25) is 0 Å². The second-order valence-electron chi connectivity index (χ2n) is 2.64. The molecule has 0 saturated carbocycles. The summed E-state index contributed by atoms with van der Waals surface area (Å²) in [6, 6.07) is 10.2. The van der Waals surface area contributed by atoms with Crippen molar-refractivity contribution in [3.8, 4) is 0 Å². The number of benzene rings is 1. The fraction of sp³-hybridized carbons (Fsp3) is 0.100. The molecule has 0 atom stereocenters. The molecule has 3 radical (unpaired) electrons. The number of aromatic nitrogens is 1. The van der Waals surface area contributed by atoms with E-state index in [1.807, 2.05) is 24.4 Å². The van der Waals surface area contributed by atoms with Gasteiger partial charge in [0.25, 0.3) is 0 Å². The van der Waals surface area contributed by atoms with Crippen LogP contribution in [-0.2, 0) is 0 Å². The maximum absolute atomic E-state index is 4.24. The first kappa shape index (κ1) is 9.25. The molecular weight excluding hydrogens is 161 g/mol. The molecule has 0 fully saturated rings. The summed E-state index contributed by atoms with van der Waals surface area (Å²) in [7, 11) is 0. The summed E-state index contributed by atoms with van der Waals surface area (Å²) >= 11 is 0. The van der Waals surface area contributed by atoms with Crippen molar-refractivity contribution >= 4 is 28.3 Å². The van der Waals surface area contributed by atoms with Gasteiger partial charge in [0.05, 0.1) is 5.52 Å². The zero-order valence-electron chi connectivity index (χ0n) is 6.99. The molecule has 2 heteroatoms. The van der Waals surface area contributed by atoms with E-state index in [0.717, 1.165) is 5.52 Å². The first-order valence-corrected chi connectivity index (χ1v) is 3.68. The predicted molar refractivity (Wildman–Crippen MR) is 52.2 cm³/mol. The molecule has 0 aliphatic rings. The molecule has 0 amide bonds. The van der Waals surface area contributed by atoms with Crippen LogP contribution in [0.15, 0.2) is 36.5 Å². The molecule has 0 aliphatic carbocycles. The van der Waals surface area contributed by atoms with Gasteiger partial charge in [-0.3, -0.25) is 4.98 Å². The fourth-order valence-electron chi connectivity index (χ4n) is 1.26. The van der Waals surface area contributed by atoms with Crippen LogP contribution in [0.1, 0.15) is 5.56 Å². The van der Waals surface area contributed by atoms with Crippen LogP contribution in [0, 0.1) is 6.92 Å². The summed E-state index contributed by atoms with van der Waals surface area (Å²) in [6.07, 6.45) is 1.82. The van der Waals surface area contributed by atoms with E-state index in [0.29, 0.717) is 0 Å². The van der Waals surface area contributed by atoms with Crippen molar-refractivity contribution in [1.29, 1.82) is 0 Å². The van der Waals surface area contributed by atoms with E-state index < -0.39 is 0 Å². The van der Waals surface area contributed by atoms with Crippen LogP contribution in [0.3, 0.4) is 0 Å². The molecule has 1 aromatic heterocycles. The normalized spacial score (nSPS) is 9.42. The van der Waals surface area contributed by atoms with Gasteiger partial charge in [-0.05, 0) is 24.6 Å². The third kappa shape index (κ3) is 1.50. The summed E-state index contributed by atoms with van der Waals surface area (Å²) < 4.78 is 0. The Morgan fingerprint density at radius 1 is 1.08 bits per heavy atom. The lowest BCUT2D eigenvalue weighted by atomic mass is 10.1. The Hall–Kier alpha value is -0.838. The molecule has 1 nitrogen and oxygen atoms in total. The molecule has 57 valence electrons. The molecule has 12 heavy (non-hydrogen) atoms. The van der Waals surface area contributed by atoms with Gasteiger partial charge in [0, 0.05) is 28.9 Å². The van der Waals surface area contributed by atoms with Crippen molar-refractivity contribution < 1.29 is 0 Å². The van der Waals surface area contributed by atoms with Gasteiger partial charge in [-0.25, -0.2) is 0 Å². The standard InChI is InChI=1S/C10H9N.Al/c1-8-4-2-6-10-9(8)5-3-7-11-10;/h2-7H,1H3;. The smallest absolute Gasteiger partial charge is 0.0704 e. The Kier molecular flexibility index (Phi) is 2.86. The van der Waals surface area contributed by atoms with E-state index in [4.69, 9.17) is 0 Å². The Labute approximate surface area is 82.6 Å². The number of hydrogen-bond donors (Lipinski definition) is 0. The van der Waals surface area contributed by atoms with Crippen molar-refractivity contribution in [3.63, 3.8) is 0 Å². The molecule has 1 heterocycles. The monoisotopic (exact) mass is 170 g/mol. The van der Waals surface area contributed by atoms with Gasteiger partial charge in [-0.1, -0.05) is 18.2 Å². The van der Waals surface area contributed by atoms with Gasteiger partial charge in [-0.15, -0.1) is 0 Å². The molecule has 0 spiro atoms. The highest BCUT2D eigenvalue weighted by atomic mass is 27.0. The molecule has 0 N–H and O–H groups in total. The minimum absolute atomic E-state index is 0. The molecule has 0 saturated heterocycles.